The largest absolute Gasteiger partial charge is 0.367 e. The average molecular weight is 301 g/mol. The van der Waals surface area contributed by atoms with Gasteiger partial charge in [0, 0.05) is 30.4 Å². The molecule has 1 aliphatic heterocycles. The van der Waals surface area contributed by atoms with Crippen molar-refractivity contribution in [1.29, 1.82) is 0 Å². The van der Waals surface area contributed by atoms with E-state index in [9.17, 15) is 0 Å². The highest BCUT2D eigenvalue weighted by Crippen LogP contribution is 2.36. The van der Waals surface area contributed by atoms with Crippen LogP contribution in [0.15, 0.2) is 18.3 Å². The third-order valence-electron chi connectivity index (χ3n) is 5.11. The van der Waals surface area contributed by atoms with Crippen molar-refractivity contribution in [3.8, 4) is 0 Å². The Morgan fingerprint density at radius 1 is 1.18 bits per heavy atom. The van der Waals surface area contributed by atoms with Crippen molar-refractivity contribution >= 4 is 5.82 Å². The fraction of sp³-hybridized carbons (Fsp3) is 0.737. The van der Waals surface area contributed by atoms with E-state index in [1.54, 1.807) is 0 Å². The molecule has 2 aliphatic rings. The number of anilines is 1. The minimum atomic E-state index is 0.558. The quantitative estimate of drug-likeness (QED) is 0.860. The molecular weight excluding hydrogens is 270 g/mol. The molecule has 0 bridgehead atoms. The van der Waals surface area contributed by atoms with Gasteiger partial charge in [0.05, 0.1) is 0 Å². The summed E-state index contributed by atoms with van der Waals surface area (Å²) in [4.78, 5) is 7.35. The number of pyridine rings is 1. The van der Waals surface area contributed by atoms with Gasteiger partial charge in [0.15, 0.2) is 0 Å². The number of hydrogen-bond acceptors (Lipinski definition) is 3. The van der Waals surface area contributed by atoms with E-state index in [-0.39, 0.29) is 0 Å². The molecule has 3 nitrogen and oxygen atoms in total. The van der Waals surface area contributed by atoms with Crippen molar-refractivity contribution in [3.63, 3.8) is 0 Å². The van der Waals surface area contributed by atoms with Crippen LogP contribution in [0.5, 0.6) is 0 Å². The predicted molar refractivity (Wildman–Crippen MR) is 93.1 cm³/mol. The molecule has 1 atom stereocenters. The van der Waals surface area contributed by atoms with Crippen molar-refractivity contribution < 1.29 is 0 Å². The number of aromatic nitrogens is 1. The van der Waals surface area contributed by atoms with Crippen LogP contribution in [0.25, 0.3) is 0 Å². The van der Waals surface area contributed by atoms with Gasteiger partial charge in [-0.15, -0.1) is 0 Å². The van der Waals surface area contributed by atoms with Gasteiger partial charge in [0.1, 0.15) is 5.82 Å². The maximum atomic E-state index is 4.69. The Balaban J connectivity index is 1.75. The first kappa shape index (κ1) is 15.8. The third-order valence-corrected chi connectivity index (χ3v) is 5.11. The molecule has 1 N–H and O–H groups in total. The highest BCUT2D eigenvalue weighted by molar-refractivity contribution is 5.47. The van der Waals surface area contributed by atoms with Crippen molar-refractivity contribution in [3.05, 3.63) is 23.9 Å². The first-order valence-electron chi connectivity index (χ1n) is 9.19. The van der Waals surface area contributed by atoms with E-state index in [1.807, 2.05) is 6.20 Å². The molecule has 3 rings (SSSR count). The van der Waals surface area contributed by atoms with Gasteiger partial charge in [-0.2, -0.15) is 0 Å². The molecule has 1 saturated carbocycles. The number of hydrogen-bond donors (Lipinski definition) is 1. The van der Waals surface area contributed by atoms with Gasteiger partial charge in [-0.05, 0) is 44.2 Å². The molecule has 0 amide bonds. The minimum Gasteiger partial charge on any atom is -0.367 e. The highest BCUT2D eigenvalue weighted by atomic mass is 15.2. The van der Waals surface area contributed by atoms with Gasteiger partial charge in [-0.25, -0.2) is 4.98 Å². The maximum absolute atomic E-state index is 4.69. The van der Waals surface area contributed by atoms with Gasteiger partial charge in [0.25, 0.3) is 0 Å². The number of rotatable bonds is 5. The first-order chi connectivity index (χ1) is 10.7. The van der Waals surface area contributed by atoms with Crippen LogP contribution < -0.4 is 5.32 Å². The Morgan fingerprint density at radius 2 is 2.00 bits per heavy atom. The van der Waals surface area contributed by atoms with E-state index in [4.69, 9.17) is 4.98 Å². The Morgan fingerprint density at radius 3 is 2.77 bits per heavy atom. The molecule has 1 aromatic rings. The molecule has 22 heavy (non-hydrogen) atoms. The van der Waals surface area contributed by atoms with E-state index in [1.165, 1.54) is 63.6 Å². The lowest BCUT2D eigenvalue weighted by molar-refractivity contribution is 0.229. The Hall–Kier alpha value is -1.09. The summed E-state index contributed by atoms with van der Waals surface area (Å²) in [5, 5.41) is 3.76. The smallest absolute Gasteiger partial charge is 0.130 e. The summed E-state index contributed by atoms with van der Waals surface area (Å²) in [5.41, 5.74) is 1.42. The van der Waals surface area contributed by atoms with Crippen LogP contribution in [-0.4, -0.2) is 29.0 Å². The lowest BCUT2D eigenvalue weighted by Gasteiger charge is -2.29. The third kappa shape index (κ3) is 3.81. The van der Waals surface area contributed by atoms with E-state index < -0.39 is 0 Å². The molecule has 3 heteroatoms. The minimum absolute atomic E-state index is 0.558. The summed E-state index contributed by atoms with van der Waals surface area (Å²) in [6.45, 7) is 7.07. The molecule has 1 aromatic heterocycles. The van der Waals surface area contributed by atoms with E-state index >= 15 is 0 Å². The van der Waals surface area contributed by atoms with Gasteiger partial charge in [-0.1, -0.05) is 39.2 Å². The molecule has 1 saturated heterocycles. The number of nitrogens with zero attached hydrogens (tertiary/aromatic N) is 2. The van der Waals surface area contributed by atoms with Crippen LogP contribution in [-0.2, 0) is 0 Å². The topological polar surface area (TPSA) is 28.2 Å². The lowest BCUT2D eigenvalue weighted by Crippen LogP contribution is -2.29. The summed E-state index contributed by atoms with van der Waals surface area (Å²) < 4.78 is 0. The summed E-state index contributed by atoms with van der Waals surface area (Å²) in [6, 6.07) is 5.58. The average Bonchev–Trinajstić information content (AvgIpc) is 2.96. The number of nitrogens with one attached hydrogen (secondary N) is 1. The summed E-state index contributed by atoms with van der Waals surface area (Å²) in [7, 11) is 0. The molecule has 1 aliphatic carbocycles. The van der Waals surface area contributed by atoms with E-state index in [0.29, 0.717) is 12.1 Å². The summed E-state index contributed by atoms with van der Waals surface area (Å²) in [5.74, 6) is 1.88. The second-order valence-corrected chi connectivity index (χ2v) is 7.47. The highest BCUT2D eigenvalue weighted by Gasteiger charge is 2.29. The molecule has 0 unspecified atom stereocenters. The standard InChI is InChI=1S/C19H31N3/c1-15(2)14-22-13-7-11-18(22)17-10-6-12-20-19(17)21-16-8-4-3-5-9-16/h6,10,12,15-16,18H,3-5,7-9,11,13-14H2,1-2H3,(H,20,21)/t18-/m1/s1. The molecular formula is C19H31N3. The van der Waals surface area contributed by atoms with Crippen molar-refractivity contribution in [2.24, 2.45) is 5.92 Å². The second kappa shape index (κ2) is 7.45. The Bertz CT molecular complexity index is 466. The van der Waals surface area contributed by atoms with Crippen LogP contribution in [0.2, 0.25) is 0 Å². The monoisotopic (exact) mass is 301 g/mol. The zero-order valence-electron chi connectivity index (χ0n) is 14.2. The van der Waals surface area contributed by atoms with Crippen molar-refractivity contribution in [1.82, 2.24) is 9.88 Å². The van der Waals surface area contributed by atoms with Crippen LogP contribution >= 0.6 is 0 Å². The van der Waals surface area contributed by atoms with Gasteiger partial charge in [0.2, 0.25) is 0 Å². The maximum Gasteiger partial charge on any atom is 0.130 e. The van der Waals surface area contributed by atoms with E-state index in [0.717, 1.165) is 11.7 Å². The van der Waals surface area contributed by atoms with Crippen LogP contribution in [0.1, 0.15) is 70.4 Å². The Labute approximate surface area is 135 Å². The zero-order valence-corrected chi connectivity index (χ0v) is 14.2. The number of likely N-dealkylation sites (tertiary alicyclic amines) is 1. The normalized spacial score (nSPS) is 24.0. The summed E-state index contributed by atoms with van der Waals surface area (Å²) >= 11 is 0. The van der Waals surface area contributed by atoms with Crippen LogP contribution in [0.3, 0.4) is 0 Å². The zero-order chi connectivity index (χ0) is 15.4. The van der Waals surface area contributed by atoms with Crippen LogP contribution in [0, 0.1) is 5.92 Å². The molecule has 0 spiro atoms. The van der Waals surface area contributed by atoms with Gasteiger partial charge in [-0.3, -0.25) is 4.90 Å². The van der Waals surface area contributed by atoms with Gasteiger partial charge < -0.3 is 5.32 Å². The molecule has 2 heterocycles. The Kier molecular flexibility index (Phi) is 5.35. The summed E-state index contributed by atoms with van der Waals surface area (Å²) in [6.07, 6.45) is 11.3. The molecule has 2 fully saturated rings. The molecule has 0 radical (unpaired) electrons. The molecule has 122 valence electrons. The predicted octanol–water partition coefficient (Wildman–Crippen LogP) is 4.62. The van der Waals surface area contributed by atoms with Crippen molar-refractivity contribution in [2.45, 2.75) is 70.9 Å². The van der Waals surface area contributed by atoms with E-state index in [2.05, 4.69) is 36.2 Å². The second-order valence-electron chi connectivity index (χ2n) is 7.47. The lowest BCUT2D eigenvalue weighted by atomic mass is 9.95. The van der Waals surface area contributed by atoms with Crippen LogP contribution in [0.4, 0.5) is 5.82 Å². The van der Waals surface area contributed by atoms with Crippen molar-refractivity contribution in [2.75, 3.05) is 18.4 Å². The fourth-order valence-corrected chi connectivity index (χ4v) is 4.11. The SMILES string of the molecule is CC(C)CN1CCC[C@@H]1c1cccnc1NC1CCCCC1. The van der Waals surface area contributed by atoms with Gasteiger partial charge >= 0.3 is 0 Å². The molecule has 0 aromatic carbocycles. The first-order valence-corrected chi connectivity index (χ1v) is 9.19. The fourth-order valence-electron chi connectivity index (χ4n) is 4.11.